The molecular formula is C87H164N6O21Si6. The van der Waals surface area contributed by atoms with Crippen molar-refractivity contribution in [3.8, 4) is 0 Å². The highest BCUT2D eigenvalue weighted by molar-refractivity contribution is 6.88. The highest BCUT2D eigenvalue weighted by Crippen LogP contribution is 2.42. The molecule has 0 aromatic carbocycles. The summed E-state index contributed by atoms with van der Waals surface area (Å²) in [4.78, 5) is 97.5. The van der Waals surface area contributed by atoms with Gasteiger partial charge < -0.3 is 91.0 Å². The van der Waals surface area contributed by atoms with E-state index in [2.05, 4.69) is 144 Å². The summed E-state index contributed by atoms with van der Waals surface area (Å²) in [6, 6.07) is 2.09. The number of hydrogen-bond donors (Lipinski definition) is 6. The van der Waals surface area contributed by atoms with Crippen LogP contribution in [0.3, 0.4) is 0 Å². The minimum atomic E-state index is -2.72. The third-order valence-electron chi connectivity index (χ3n) is 24.0. The molecule has 0 aromatic heterocycles. The van der Waals surface area contributed by atoms with E-state index in [-0.39, 0.29) is 82.0 Å². The molecule has 0 aromatic rings. The van der Waals surface area contributed by atoms with E-state index in [0.717, 1.165) is 190 Å². The molecule has 6 rings (SSSR count). The molecule has 1 unspecified atom stereocenters. The van der Waals surface area contributed by atoms with Gasteiger partial charge in [0.25, 0.3) is 0 Å². The van der Waals surface area contributed by atoms with Crippen LogP contribution in [0, 0.1) is 46.8 Å². The van der Waals surface area contributed by atoms with Crippen LogP contribution in [-0.4, -0.2) is 202 Å². The van der Waals surface area contributed by atoms with E-state index in [0.29, 0.717) is 69.0 Å². The highest BCUT2D eigenvalue weighted by atomic mass is 28.5. The minimum absolute atomic E-state index is 0.000250. The van der Waals surface area contributed by atoms with Crippen molar-refractivity contribution in [2.24, 2.45) is 46.8 Å². The molecule has 6 N–H and O–H groups in total. The molecular weight excluding hydrogens is 1630 g/mol. The number of nitrogens with one attached hydrogen (secondary N) is 6. The molecule has 0 spiro atoms. The van der Waals surface area contributed by atoms with Gasteiger partial charge in [0.05, 0.1) is 13.2 Å². The molecule has 6 saturated carbocycles. The maximum Gasteiger partial charge on any atom is 0.407 e. The third kappa shape index (κ3) is 48.0. The Balaban J connectivity index is 0.000000432. The second kappa shape index (κ2) is 54.2. The highest BCUT2D eigenvalue weighted by Gasteiger charge is 2.46. The van der Waals surface area contributed by atoms with Gasteiger partial charge in [0.1, 0.15) is 39.6 Å². The van der Waals surface area contributed by atoms with Crippen molar-refractivity contribution in [1.29, 1.82) is 0 Å². The van der Waals surface area contributed by atoms with Gasteiger partial charge in [-0.15, -0.1) is 0 Å². The normalized spacial score (nSPS) is 24.3. The first-order valence-corrected chi connectivity index (χ1v) is 64.7. The summed E-state index contributed by atoms with van der Waals surface area (Å²) >= 11 is 0. The van der Waals surface area contributed by atoms with Crippen molar-refractivity contribution in [3.05, 3.63) is 25.3 Å². The van der Waals surface area contributed by atoms with Gasteiger partial charge in [-0.1, -0.05) is 52.2 Å². The summed E-state index contributed by atoms with van der Waals surface area (Å²) in [5.41, 5.74) is -0.703. The average Bonchev–Trinajstić information content (AvgIpc) is 0.809. The van der Waals surface area contributed by atoms with Gasteiger partial charge in [0, 0.05) is 68.0 Å². The van der Waals surface area contributed by atoms with Gasteiger partial charge in [0.15, 0.2) is 33.3 Å². The summed E-state index contributed by atoms with van der Waals surface area (Å²) in [5, 5.41) is 17.8. The SMILES string of the molecule is C=CC(=O)OCCOC(=O)NC1CCC(CC2CCC(NC(=O)OCC(CCC[Si](C)(O[Si](C)(C)C)O[Si](C)(C)C)(CC[Si](C)(O[Si](C)(C)C)O[Si](C)(C)C)COC(=O)NC)CC2)CC1.C=CC(=O)OCCOC(=O)NC1CCC(CC2CCC(NC(=O)OCCCCOCCCCOC(=O)NC3CCC(CC4CCC(C)CC4)CC3)CC2)CC1. The topological polar surface area (TPSA) is 329 Å². The maximum atomic E-state index is 13.7. The van der Waals surface area contributed by atoms with Gasteiger partial charge in [-0.05, 0) is 331 Å². The molecule has 6 fully saturated rings. The molecule has 692 valence electrons. The second-order valence-corrected chi connectivity index (χ2v) is 65.5. The van der Waals surface area contributed by atoms with Crippen molar-refractivity contribution in [2.75, 3.05) is 73.1 Å². The van der Waals surface area contributed by atoms with Crippen LogP contribution in [0.25, 0.3) is 0 Å². The number of alkyl carbamates (subject to hydrolysis) is 6. The zero-order chi connectivity index (χ0) is 88.4. The van der Waals surface area contributed by atoms with Gasteiger partial charge in [-0.3, -0.25) is 0 Å². The lowest BCUT2D eigenvalue weighted by molar-refractivity contribution is -0.139. The lowest BCUT2D eigenvalue weighted by atomic mass is 9.75. The van der Waals surface area contributed by atoms with E-state index in [1.807, 2.05) is 0 Å². The van der Waals surface area contributed by atoms with Crippen LogP contribution in [0.5, 0.6) is 0 Å². The molecule has 0 aliphatic heterocycles. The molecule has 27 nitrogen and oxygen atoms in total. The number of ether oxygens (including phenoxy) is 9. The summed E-state index contributed by atoms with van der Waals surface area (Å²) in [5.74, 6) is 4.14. The number of unbranched alkanes of at least 4 members (excludes halogenated alkanes) is 2. The fourth-order valence-electron chi connectivity index (χ4n) is 18.5. The van der Waals surface area contributed by atoms with Crippen LogP contribution in [0.15, 0.2) is 25.3 Å². The predicted octanol–water partition coefficient (Wildman–Crippen LogP) is 19.5. The van der Waals surface area contributed by atoms with Crippen LogP contribution in [0.2, 0.25) is 104 Å². The van der Waals surface area contributed by atoms with E-state index in [1.165, 1.54) is 51.4 Å². The van der Waals surface area contributed by atoms with Gasteiger partial charge in [-0.2, -0.15) is 0 Å². The first-order chi connectivity index (χ1) is 56.6. The molecule has 33 heteroatoms. The predicted molar refractivity (Wildman–Crippen MR) is 485 cm³/mol. The monoisotopic (exact) mass is 1800 g/mol. The fourth-order valence-corrected chi connectivity index (χ4v) is 43.8. The van der Waals surface area contributed by atoms with Crippen LogP contribution >= 0.6 is 0 Å². The van der Waals surface area contributed by atoms with Gasteiger partial charge in [0.2, 0.25) is 0 Å². The number of esters is 2. The molecule has 1 atom stereocenters. The summed E-state index contributed by atoms with van der Waals surface area (Å²) in [6.07, 6.45) is 34.8. The van der Waals surface area contributed by atoms with Crippen molar-refractivity contribution in [2.45, 2.75) is 359 Å². The van der Waals surface area contributed by atoms with Crippen molar-refractivity contribution >= 4 is 98.9 Å². The lowest BCUT2D eigenvalue weighted by Crippen LogP contribution is -2.53. The van der Waals surface area contributed by atoms with E-state index < -0.39 is 92.1 Å². The molecule has 0 radical (unpaired) electrons. The first-order valence-electron chi connectivity index (χ1n) is 46.1. The molecule has 120 heavy (non-hydrogen) atoms. The Morgan fingerprint density at radius 2 is 0.575 bits per heavy atom. The number of rotatable bonds is 48. The van der Waals surface area contributed by atoms with Gasteiger partial charge >= 0.3 is 65.6 Å². The van der Waals surface area contributed by atoms with Crippen molar-refractivity contribution in [3.63, 3.8) is 0 Å². The van der Waals surface area contributed by atoms with Crippen molar-refractivity contribution in [1.82, 2.24) is 31.9 Å². The van der Waals surface area contributed by atoms with Gasteiger partial charge in [-0.25, -0.2) is 38.4 Å². The number of carbonyl (C=O) groups excluding carboxylic acids is 8. The smallest absolute Gasteiger partial charge is 0.407 e. The fraction of sp³-hybridized carbons (Fsp3) is 0.862. The molecule has 6 aliphatic carbocycles. The summed E-state index contributed by atoms with van der Waals surface area (Å²) in [6.45, 7) is 42.1. The van der Waals surface area contributed by atoms with Crippen LogP contribution in [0.1, 0.15) is 225 Å². The Labute approximate surface area is 728 Å². The summed E-state index contributed by atoms with van der Waals surface area (Å²) < 4.78 is 76.2. The quantitative estimate of drug-likeness (QED) is 0.0108. The largest absolute Gasteiger partial charge is 0.459 e. The first kappa shape index (κ1) is 106. The zero-order valence-electron chi connectivity index (χ0n) is 77.1. The van der Waals surface area contributed by atoms with Crippen LogP contribution in [0.4, 0.5) is 28.8 Å². The third-order valence-corrected chi connectivity index (χ3v) is 43.2. The molecule has 6 amide bonds. The Morgan fingerprint density at radius 3 is 0.867 bits per heavy atom. The van der Waals surface area contributed by atoms with Crippen LogP contribution in [-0.2, 0) is 68.7 Å². The number of amides is 6. The Kier molecular flexibility index (Phi) is 47.8. The average molecular weight is 1800 g/mol. The number of hydrogen-bond acceptors (Lipinski definition) is 21. The van der Waals surface area contributed by atoms with Crippen molar-refractivity contribution < 1.29 is 97.4 Å². The molecule has 0 heterocycles. The number of carbonyl (C=O) groups is 8. The molecule has 6 aliphatic rings. The molecule has 0 bridgehead atoms. The van der Waals surface area contributed by atoms with E-state index in [9.17, 15) is 38.4 Å². The standard InChI is InChI=1S/C44H91N3O12Si6.C43H73N3O9/c1-17-40(48)52-29-30-53-42(50)46-38-23-19-36(20-24-38)33-37-21-25-39(26-22-37)47-43(51)55-35-44(34-54-41(49)45-2,28-32-65(16,58-62(9,10)11)59-63(12,13)14)27-18-31-64(15,56-60(3,4)5)57-61(6,7)8;1-3-40(47)52-28-29-55-43(50)46-39-22-16-36(17-23-39)31-35-14-20-38(21-15-35)45-42(49)54-27-7-5-25-51-24-4-6-26-53-41(48)44-37-18-12-34(13-19-37)30-33-10-8-32(2)9-11-33/h17,36-39H,1,18-35H2,2-16H3,(H,45,49)(H,46,50)(H,47,51);3,32-39H,1,4-31H2,2H3,(H,44,48)(H,45,49)(H,46,50). The van der Waals surface area contributed by atoms with E-state index >= 15 is 0 Å². The summed E-state index contributed by atoms with van der Waals surface area (Å²) in [7, 11) is -11.6. The molecule has 0 saturated heterocycles. The van der Waals surface area contributed by atoms with E-state index in [1.54, 1.807) is 7.05 Å². The Morgan fingerprint density at radius 1 is 0.317 bits per heavy atom. The zero-order valence-corrected chi connectivity index (χ0v) is 83.1. The van der Waals surface area contributed by atoms with Crippen LogP contribution < -0.4 is 31.9 Å². The second-order valence-electron chi connectivity index (χ2n) is 39.8. The maximum absolute atomic E-state index is 13.7. The minimum Gasteiger partial charge on any atom is -0.459 e. The van der Waals surface area contributed by atoms with E-state index in [4.69, 9.17) is 59.1 Å². The Hall–Kier alpha value is -4.86. The lowest BCUT2D eigenvalue weighted by Gasteiger charge is -2.42. The Bertz CT molecular complexity index is 2990.